The third kappa shape index (κ3) is 5.79. The molecule has 0 amide bonds. The van der Waals surface area contributed by atoms with Crippen LogP contribution in [0.15, 0.2) is 18.2 Å². The topological polar surface area (TPSA) is 0 Å². The molecule has 0 radical (unpaired) electrons. The molecule has 0 heterocycles. The van der Waals surface area contributed by atoms with Crippen LogP contribution in [0, 0.1) is 35.3 Å². The molecule has 2 heteroatoms. The molecule has 140 valence electrons. The molecule has 1 aromatic carbocycles. The highest BCUT2D eigenvalue weighted by Gasteiger charge is 2.29. The average molecular weight is 349 g/mol. The van der Waals surface area contributed by atoms with Crippen molar-refractivity contribution in [2.75, 3.05) is 0 Å². The van der Waals surface area contributed by atoms with E-state index in [2.05, 4.69) is 6.92 Å². The molecule has 2 aliphatic rings. The quantitative estimate of drug-likeness (QED) is 0.473. The van der Waals surface area contributed by atoms with Crippen molar-refractivity contribution in [1.82, 2.24) is 0 Å². The van der Waals surface area contributed by atoms with Crippen molar-refractivity contribution in [3.63, 3.8) is 0 Å². The van der Waals surface area contributed by atoms with Crippen molar-refractivity contribution < 1.29 is 8.78 Å². The summed E-state index contributed by atoms with van der Waals surface area (Å²) < 4.78 is 26.4. The van der Waals surface area contributed by atoms with Gasteiger partial charge in [-0.05, 0) is 79.9 Å². The first-order chi connectivity index (χ1) is 12.1. The molecule has 0 aliphatic heterocycles. The second-order valence-corrected chi connectivity index (χ2v) is 8.82. The van der Waals surface area contributed by atoms with E-state index in [1.54, 1.807) is 0 Å². The zero-order chi connectivity index (χ0) is 17.6. The minimum absolute atomic E-state index is 0.453. The molecule has 0 bridgehead atoms. The molecule has 2 aliphatic carbocycles. The summed E-state index contributed by atoms with van der Waals surface area (Å²) in [4.78, 5) is 0. The van der Waals surface area contributed by atoms with Crippen LogP contribution in [0.1, 0.15) is 83.1 Å². The minimum atomic E-state index is -0.453. The largest absolute Gasteiger partial charge is 0.207 e. The Morgan fingerprint density at radius 2 is 1.32 bits per heavy atom. The Morgan fingerprint density at radius 1 is 0.760 bits per heavy atom. The number of unbranched alkanes of at least 4 members (excludes halogenated alkanes) is 1. The number of halogens is 2. The Hall–Kier alpha value is -0.920. The molecule has 0 unspecified atom stereocenters. The van der Waals surface area contributed by atoms with E-state index >= 15 is 0 Å². The third-order valence-electron chi connectivity index (χ3n) is 6.87. The number of hydrogen-bond donors (Lipinski definition) is 0. The summed E-state index contributed by atoms with van der Waals surface area (Å²) in [6.45, 7) is 2.41. The molecular weight excluding hydrogens is 314 g/mol. The fourth-order valence-electron chi connectivity index (χ4n) is 5.22. The molecule has 0 saturated heterocycles. The summed E-state index contributed by atoms with van der Waals surface area (Å²) in [6, 6.07) is 3.90. The lowest BCUT2D eigenvalue weighted by Gasteiger charge is -2.37. The third-order valence-corrected chi connectivity index (χ3v) is 6.87. The highest BCUT2D eigenvalue weighted by Crippen LogP contribution is 2.42. The van der Waals surface area contributed by atoms with Gasteiger partial charge in [0.1, 0.15) is 11.6 Å². The van der Waals surface area contributed by atoms with Crippen molar-refractivity contribution in [2.24, 2.45) is 23.7 Å². The van der Waals surface area contributed by atoms with E-state index in [1.807, 2.05) is 0 Å². The summed E-state index contributed by atoms with van der Waals surface area (Å²) in [5.74, 6) is 2.96. The molecule has 2 saturated carbocycles. The molecule has 0 spiro atoms. The number of benzene rings is 1. The molecule has 0 nitrogen and oxygen atoms in total. The van der Waals surface area contributed by atoms with Gasteiger partial charge in [-0.2, -0.15) is 0 Å². The van der Waals surface area contributed by atoms with Crippen LogP contribution >= 0.6 is 0 Å². The normalized spacial score (nSPS) is 30.4. The van der Waals surface area contributed by atoms with Gasteiger partial charge in [0.05, 0.1) is 0 Å². The van der Waals surface area contributed by atoms with Gasteiger partial charge in [0, 0.05) is 6.07 Å². The molecule has 0 atom stereocenters. The summed E-state index contributed by atoms with van der Waals surface area (Å²) in [5, 5.41) is 0. The highest BCUT2D eigenvalue weighted by atomic mass is 19.1. The molecule has 0 aromatic heterocycles. The Kier molecular flexibility index (Phi) is 6.90. The molecule has 25 heavy (non-hydrogen) atoms. The van der Waals surface area contributed by atoms with E-state index < -0.39 is 11.6 Å². The van der Waals surface area contributed by atoms with Crippen LogP contribution < -0.4 is 0 Å². The van der Waals surface area contributed by atoms with Crippen molar-refractivity contribution >= 4 is 0 Å². The Bertz CT molecular complexity index is 503. The monoisotopic (exact) mass is 348 g/mol. The second-order valence-electron chi connectivity index (χ2n) is 8.82. The molecule has 3 rings (SSSR count). The zero-order valence-electron chi connectivity index (χ0n) is 15.8. The number of hydrogen-bond acceptors (Lipinski definition) is 0. The lowest BCUT2D eigenvalue weighted by molar-refractivity contribution is 0.146. The van der Waals surface area contributed by atoms with E-state index in [1.165, 1.54) is 76.3 Å². The average Bonchev–Trinajstić information content (AvgIpc) is 2.59. The van der Waals surface area contributed by atoms with Crippen LogP contribution in [-0.4, -0.2) is 0 Å². The van der Waals surface area contributed by atoms with Gasteiger partial charge in [0.2, 0.25) is 0 Å². The SMILES string of the molecule is CC1CCC(C2CCC(CCCCc3cc(F)cc(F)c3)CC2)CC1. The van der Waals surface area contributed by atoms with Gasteiger partial charge in [0.15, 0.2) is 0 Å². The van der Waals surface area contributed by atoms with E-state index in [4.69, 9.17) is 0 Å². The van der Waals surface area contributed by atoms with Crippen LogP contribution in [-0.2, 0) is 6.42 Å². The lowest BCUT2D eigenvalue weighted by atomic mass is 9.69. The van der Waals surface area contributed by atoms with Crippen molar-refractivity contribution in [3.8, 4) is 0 Å². The maximum atomic E-state index is 13.2. The first-order valence-corrected chi connectivity index (χ1v) is 10.5. The molecule has 1 aromatic rings. The van der Waals surface area contributed by atoms with Gasteiger partial charge in [-0.25, -0.2) is 8.78 Å². The standard InChI is InChI=1S/C23H34F2/c1-17-6-10-20(11-7-17)21-12-8-18(9-13-21)4-2-3-5-19-14-22(24)16-23(25)15-19/h14-18,20-21H,2-13H2,1H3. The van der Waals surface area contributed by atoms with E-state index in [0.29, 0.717) is 0 Å². The highest BCUT2D eigenvalue weighted by molar-refractivity contribution is 5.17. The van der Waals surface area contributed by atoms with Gasteiger partial charge < -0.3 is 0 Å². The molecule has 0 N–H and O–H groups in total. The van der Waals surface area contributed by atoms with Crippen LogP contribution in [0.25, 0.3) is 0 Å². The maximum Gasteiger partial charge on any atom is 0.126 e. The summed E-state index contributed by atoms with van der Waals surface area (Å²) in [6.07, 6.45) is 15.9. The maximum absolute atomic E-state index is 13.2. The zero-order valence-corrected chi connectivity index (χ0v) is 15.8. The Balaban J connectivity index is 1.31. The van der Waals surface area contributed by atoms with Gasteiger partial charge in [-0.15, -0.1) is 0 Å². The fourth-order valence-corrected chi connectivity index (χ4v) is 5.22. The van der Waals surface area contributed by atoms with E-state index in [9.17, 15) is 8.78 Å². The summed E-state index contributed by atoms with van der Waals surface area (Å²) in [5.41, 5.74) is 0.799. The van der Waals surface area contributed by atoms with E-state index in [-0.39, 0.29) is 0 Å². The second kappa shape index (κ2) is 9.14. The van der Waals surface area contributed by atoms with Gasteiger partial charge >= 0.3 is 0 Å². The molecule has 2 fully saturated rings. The van der Waals surface area contributed by atoms with Crippen LogP contribution in [0.2, 0.25) is 0 Å². The summed E-state index contributed by atoms with van der Waals surface area (Å²) in [7, 11) is 0. The minimum Gasteiger partial charge on any atom is -0.207 e. The first kappa shape index (κ1) is 18.9. The van der Waals surface area contributed by atoms with Crippen LogP contribution in [0.3, 0.4) is 0 Å². The van der Waals surface area contributed by atoms with Gasteiger partial charge in [-0.1, -0.05) is 45.4 Å². The van der Waals surface area contributed by atoms with Crippen LogP contribution in [0.4, 0.5) is 8.78 Å². The summed E-state index contributed by atoms with van der Waals surface area (Å²) >= 11 is 0. The Labute approximate surface area is 152 Å². The smallest absolute Gasteiger partial charge is 0.126 e. The number of rotatable bonds is 6. The first-order valence-electron chi connectivity index (χ1n) is 10.5. The Morgan fingerprint density at radius 3 is 1.92 bits per heavy atom. The number of aryl methyl sites for hydroxylation is 1. The molecular formula is C23H34F2. The predicted octanol–water partition coefficient (Wildman–Crippen LogP) is 7.31. The van der Waals surface area contributed by atoms with Crippen molar-refractivity contribution in [1.29, 1.82) is 0 Å². The fraction of sp³-hybridized carbons (Fsp3) is 0.739. The lowest BCUT2D eigenvalue weighted by Crippen LogP contribution is -2.25. The van der Waals surface area contributed by atoms with Gasteiger partial charge in [0.25, 0.3) is 0 Å². The van der Waals surface area contributed by atoms with Gasteiger partial charge in [-0.3, -0.25) is 0 Å². The van der Waals surface area contributed by atoms with Crippen molar-refractivity contribution in [2.45, 2.75) is 84.0 Å². The van der Waals surface area contributed by atoms with E-state index in [0.717, 1.165) is 48.1 Å². The van der Waals surface area contributed by atoms with Crippen molar-refractivity contribution in [3.05, 3.63) is 35.4 Å². The van der Waals surface area contributed by atoms with Crippen LogP contribution in [0.5, 0.6) is 0 Å². The predicted molar refractivity (Wildman–Crippen MR) is 100 cm³/mol.